The molecule has 4 amide bonds. The summed E-state index contributed by atoms with van der Waals surface area (Å²) in [5.74, 6) is -0.651. The number of hydrogen-bond donors (Lipinski definition) is 5. The summed E-state index contributed by atoms with van der Waals surface area (Å²) in [6.45, 7) is 8.79. The number of aromatic amines is 1. The average Bonchev–Trinajstić information content (AvgIpc) is 1.79. The van der Waals surface area contributed by atoms with E-state index in [4.69, 9.17) is 44.8 Å². The standard InChI is InChI=1S/C66H73ClN10O15S/c67-47-9-7-45(8-10-47)51-3-2-6-60(91-36-35-90-34-33-89-32-31-88-30-29-87-28-21-68-56-5-1-4-52-54(56)43-76(66(52)81)58-15-16-62(78)72-65(58)80)55(51)42-74-22-24-75(25-23-74)48-11-13-53(61(38-48)92-49-37-46-17-20-69-63(46)71-41-49)64(79)73-93(84,85)50-12-14-57(59(39-50)77(82)83)70-40-44-18-26-86-27-19-44/h1-14,17,20,37-39,41,44,58,68,70H,15-16,18-19,21-36,40,42-43H2,(H,69,71)(H,73,79)(H,72,78,80). The summed E-state index contributed by atoms with van der Waals surface area (Å²) in [4.78, 5) is 76.0. The van der Waals surface area contributed by atoms with Crippen molar-refractivity contribution < 1.29 is 65.7 Å². The fourth-order valence-electron chi connectivity index (χ4n) is 11.6. The topological polar surface area (TPSA) is 297 Å². The molecule has 4 aliphatic heterocycles. The highest BCUT2D eigenvalue weighted by molar-refractivity contribution is 7.90. The van der Waals surface area contributed by atoms with Gasteiger partial charge in [0.2, 0.25) is 11.8 Å². The number of sulfonamides is 1. The van der Waals surface area contributed by atoms with Gasteiger partial charge in [-0.3, -0.25) is 39.5 Å². The molecule has 27 heteroatoms. The van der Waals surface area contributed by atoms with E-state index < -0.39 is 43.4 Å². The molecule has 0 radical (unpaired) electrons. The number of amides is 4. The monoisotopic (exact) mass is 1310 g/mol. The van der Waals surface area contributed by atoms with Crippen LogP contribution in [0, 0.1) is 16.0 Å². The largest absolute Gasteiger partial charge is 0.491 e. The van der Waals surface area contributed by atoms with Crippen LogP contribution in [-0.4, -0.2) is 175 Å². The number of piperazine rings is 1. The van der Waals surface area contributed by atoms with Gasteiger partial charge in [0.05, 0.1) is 74.4 Å². The number of benzene rings is 5. The van der Waals surface area contributed by atoms with Crippen molar-refractivity contribution in [2.75, 3.05) is 127 Å². The van der Waals surface area contributed by atoms with Crippen LogP contribution in [0.3, 0.4) is 0 Å². The normalized spacial score (nSPS) is 16.3. The quantitative estimate of drug-likeness (QED) is 0.0118. The van der Waals surface area contributed by atoms with Gasteiger partial charge in [-0.05, 0) is 103 Å². The van der Waals surface area contributed by atoms with E-state index in [0.29, 0.717) is 147 Å². The minimum Gasteiger partial charge on any atom is -0.491 e. The lowest BCUT2D eigenvalue weighted by Gasteiger charge is -2.37. The summed E-state index contributed by atoms with van der Waals surface area (Å²) >= 11 is 6.33. The Morgan fingerprint density at radius 1 is 0.763 bits per heavy atom. The zero-order valence-electron chi connectivity index (χ0n) is 51.1. The van der Waals surface area contributed by atoms with Crippen LogP contribution in [0.1, 0.15) is 57.5 Å². The van der Waals surface area contributed by atoms with Gasteiger partial charge < -0.3 is 58.6 Å². The van der Waals surface area contributed by atoms with E-state index in [2.05, 4.69) is 46.5 Å². The number of nitro benzene ring substituents is 1. The summed E-state index contributed by atoms with van der Waals surface area (Å²) in [6, 6.07) is 30.5. The van der Waals surface area contributed by atoms with E-state index >= 15 is 0 Å². The van der Waals surface area contributed by atoms with Crippen LogP contribution in [0.5, 0.6) is 17.2 Å². The lowest BCUT2D eigenvalue weighted by atomic mass is 9.98. The number of fused-ring (bicyclic) bond motifs is 2. The molecule has 1 atom stereocenters. The van der Waals surface area contributed by atoms with Crippen LogP contribution in [0.25, 0.3) is 22.2 Å². The van der Waals surface area contributed by atoms with Gasteiger partial charge >= 0.3 is 0 Å². The molecule has 7 aromatic rings. The molecule has 0 saturated carbocycles. The molecule has 0 aliphatic carbocycles. The van der Waals surface area contributed by atoms with Gasteiger partial charge in [0.15, 0.2) is 0 Å². The number of ether oxygens (including phenoxy) is 7. The predicted molar refractivity (Wildman–Crippen MR) is 347 cm³/mol. The first kappa shape index (κ1) is 65.8. The van der Waals surface area contributed by atoms with Crippen molar-refractivity contribution in [2.24, 2.45) is 5.92 Å². The number of anilines is 3. The lowest BCUT2D eigenvalue weighted by molar-refractivity contribution is -0.384. The van der Waals surface area contributed by atoms with Crippen LogP contribution in [-0.2, 0) is 56.4 Å². The molecule has 6 heterocycles. The maximum atomic E-state index is 14.1. The van der Waals surface area contributed by atoms with Gasteiger partial charge in [-0.1, -0.05) is 41.9 Å². The number of nitro groups is 1. The second-order valence-electron chi connectivity index (χ2n) is 22.7. The molecule has 5 N–H and O–H groups in total. The summed E-state index contributed by atoms with van der Waals surface area (Å²) in [6.07, 6.45) is 5.34. The molecule has 2 aromatic heterocycles. The Kier molecular flexibility index (Phi) is 22.1. The van der Waals surface area contributed by atoms with E-state index in [0.717, 1.165) is 63.7 Å². The predicted octanol–water partition coefficient (Wildman–Crippen LogP) is 8.18. The molecule has 3 saturated heterocycles. The van der Waals surface area contributed by atoms with Crippen molar-refractivity contribution >= 4 is 79.0 Å². The Labute approximate surface area is 542 Å². The van der Waals surface area contributed by atoms with Gasteiger partial charge in [0, 0.05) is 129 Å². The fraction of sp³-hybridized carbons (Fsp3) is 0.379. The summed E-state index contributed by atoms with van der Waals surface area (Å²) in [5, 5.41) is 22.4. The lowest BCUT2D eigenvalue weighted by Crippen LogP contribution is -2.52. The molecule has 93 heavy (non-hydrogen) atoms. The Balaban J connectivity index is 0.637. The molecule has 0 spiro atoms. The van der Waals surface area contributed by atoms with Gasteiger partial charge in [-0.15, -0.1) is 0 Å². The molecule has 1 unspecified atom stereocenters. The Bertz CT molecular complexity index is 3920. The average molecular weight is 1310 g/mol. The Hall–Kier alpha value is -8.73. The summed E-state index contributed by atoms with van der Waals surface area (Å²) in [7, 11) is -4.62. The molecular formula is C66H73ClN10O15S. The third-order valence-corrected chi connectivity index (χ3v) is 18.2. The van der Waals surface area contributed by atoms with Gasteiger partial charge in [-0.2, -0.15) is 0 Å². The molecule has 4 aliphatic rings. The van der Waals surface area contributed by atoms with E-state index in [-0.39, 0.29) is 47.7 Å². The van der Waals surface area contributed by atoms with Crippen LogP contribution >= 0.6 is 11.6 Å². The van der Waals surface area contributed by atoms with Crippen molar-refractivity contribution in [1.82, 2.24) is 29.8 Å². The third kappa shape index (κ3) is 16.9. The molecule has 490 valence electrons. The van der Waals surface area contributed by atoms with Crippen LogP contribution in [0.2, 0.25) is 5.02 Å². The number of H-pyrrole nitrogens is 1. The first-order chi connectivity index (χ1) is 45.2. The first-order valence-electron chi connectivity index (χ1n) is 31.0. The third-order valence-electron chi connectivity index (χ3n) is 16.6. The van der Waals surface area contributed by atoms with Crippen LogP contribution in [0.15, 0.2) is 126 Å². The highest BCUT2D eigenvalue weighted by Gasteiger charge is 2.40. The smallest absolute Gasteiger partial charge is 0.293 e. The molecule has 5 aromatic carbocycles. The molecule has 0 bridgehead atoms. The van der Waals surface area contributed by atoms with E-state index in [1.54, 1.807) is 36.5 Å². The number of hydrogen-bond acceptors (Lipinski definition) is 20. The molecule has 11 rings (SSSR count). The van der Waals surface area contributed by atoms with Crippen molar-refractivity contribution in [3.05, 3.63) is 159 Å². The minimum atomic E-state index is -4.62. The fourth-order valence-corrected chi connectivity index (χ4v) is 12.7. The van der Waals surface area contributed by atoms with Gasteiger partial charge in [-0.25, -0.2) is 18.1 Å². The number of carbonyl (C=O) groups is 4. The highest BCUT2D eigenvalue weighted by Crippen LogP contribution is 2.37. The number of imide groups is 1. The number of nitrogens with zero attached hydrogens (tertiary/aromatic N) is 5. The van der Waals surface area contributed by atoms with Gasteiger partial charge in [0.25, 0.3) is 27.5 Å². The molecule has 3 fully saturated rings. The van der Waals surface area contributed by atoms with E-state index in [9.17, 15) is 37.7 Å². The number of carbonyl (C=O) groups excluding carboxylic acids is 4. The van der Waals surface area contributed by atoms with Crippen LogP contribution < -0.4 is 35.0 Å². The van der Waals surface area contributed by atoms with E-state index in [1.807, 2.05) is 48.5 Å². The SMILES string of the molecule is O=C1CCC(N2Cc3c(NCCOCCOCCOCCOCCOc4cccc(-c5ccc(Cl)cc5)c4CN4CCN(c5ccc(C(=O)NS(=O)(=O)c6ccc(NCC7CCOCC7)c([N+](=O)[O-])c6)c(Oc6cnc7[nH]ccc7c6)c5)CC4)cccc3C2=O)C(=O)N1. The highest BCUT2D eigenvalue weighted by atomic mass is 35.5. The number of aromatic nitrogens is 2. The minimum absolute atomic E-state index is 0.0683. The second kappa shape index (κ2) is 31.3. The number of rotatable bonds is 31. The molecule has 25 nitrogen and oxygen atoms in total. The van der Waals surface area contributed by atoms with Crippen LogP contribution in [0.4, 0.5) is 22.7 Å². The first-order valence-corrected chi connectivity index (χ1v) is 32.8. The maximum absolute atomic E-state index is 14.1. The Morgan fingerprint density at radius 3 is 2.23 bits per heavy atom. The van der Waals surface area contributed by atoms with Crippen molar-refractivity contribution in [3.8, 4) is 28.4 Å². The van der Waals surface area contributed by atoms with Gasteiger partial charge in [0.1, 0.15) is 41.2 Å². The van der Waals surface area contributed by atoms with Crippen molar-refractivity contribution in [2.45, 2.75) is 49.7 Å². The number of halogens is 1. The summed E-state index contributed by atoms with van der Waals surface area (Å²) < 4.78 is 71.1. The zero-order chi connectivity index (χ0) is 64.7. The van der Waals surface area contributed by atoms with Crippen molar-refractivity contribution in [1.29, 1.82) is 0 Å². The number of piperidine rings is 1. The second-order valence-corrected chi connectivity index (χ2v) is 24.8. The maximum Gasteiger partial charge on any atom is 0.293 e. The number of nitrogens with one attached hydrogen (secondary N) is 5. The summed E-state index contributed by atoms with van der Waals surface area (Å²) in [5.41, 5.74) is 6.12. The molecular weight excluding hydrogens is 1240 g/mol. The Morgan fingerprint density at radius 2 is 1.48 bits per heavy atom. The van der Waals surface area contributed by atoms with Crippen molar-refractivity contribution in [3.63, 3.8) is 0 Å². The zero-order valence-corrected chi connectivity index (χ0v) is 52.7. The van der Waals surface area contributed by atoms with E-state index in [1.165, 1.54) is 29.3 Å². The number of pyridine rings is 1.